The average Bonchev–Trinajstić information content (AvgIpc) is 3.40. The lowest BCUT2D eigenvalue weighted by Gasteiger charge is -2.43. The molecule has 0 saturated heterocycles. The van der Waals surface area contributed by atoms with Crippen LogP contribution in [0.2, 0.25) is 5.02 Å². The van der Waals surface area contributed by atoms with Gasteiger partial charge in [-0.05, 0) is 49.2 Å². The molecule has 182 valence electrons. The number of halogens is 1. The van der Waals surface area contributed by atoms with Crippen LogP contribution in [0.5, 0.6) is 0 Å². The zero-order valence-electron chi connectivity index (χ0n) is 20.1. The van der Waals surface area contributed by atoms with Gasteiger partial charge in [-0.25, -0.2) is 0 Å². The number of rotatable bonds is 5. The number of carbonyl (C=O) groups excluding carboxylic acids is 2. The van der Waals surface area contributed by atoms with Crippen LogP contribution in [0.25, 0.3) is 11.3 Å². The molecule has 2 heterocycles. The molecule has 2 amide bonds. The van der Waals surface area contributed by atoms with Crippen LogP contribution in [0.4, 0.5) is 11.4 Å². The lowest BCUT2D eigenvalue weighted by molar-refractivity contribution is -0.118. The van der Waals surface area contributed by atoms with Gasteiger partial charge in [-0.3, -0.25) is 9.59 Å². The summed E-state index contributed by atoms with van der Waals surface area (Å²) in [5.41, 5.74) is 3.91. The molecular weight excluding hydrogens is 474 g/mol. The summed E-state index contributed by atoms with van der Waals surface area (Å²) < 4.78 is 5.49. The van der Waals surface area contributed by atoms with Gasteiger partial charge in [-0.15, -0.1) is 0 Å². The summed E-state index contributed by atoms with van der Waals surface area (Å²) in [5, 5.41) is 4.73. The molecule has 0 unspecified atom stereocenters. The Balaban J connectivity index is 1.51. The van der Waals surface area contributed by atoms with Crippen LogP contribution >= 0.6 is 11.6 Å². The third-order valence-electron chi connectivity index (χ3n) is 6.56. The fraction of sp³-hybridized carbons (Fsp3) is 0.207. The number of para-hydroxylation sites is 2. The molecule has 1 aromatic heterocycles. The number of aromatic nitrogens is 1. The molecule has 0 N–H and O–H groups in total. The van der Waals surface area contributed by atoms with Crippen molar-refractivity contribution in [2.45, 2.75) is 38.8 Å². The SMILES string of the molecule is CCC(=O)N(c1ccccc1)[C@@H]1C[C@H](C)N(C(=O)c2cc(-c3ccc(Cl)cc3)no2)c2ccccc21. The highest BCUT2D eigenvalue weighted by Crippen LogP contribution is 2.43. The molecule has 1 aliphatic rings. The number of benzene rings is 3. The summed E-state index contributed by atoms with van der Waals surface area (Å²) in [6.07, 6.45) is 0.970. The molecule has 5 rings (SSSR count). The van der Waals surface area contributed by atoms with E-state index in [9.17, 15) is 9.59 Å². The second-order valence-corrected chi connectivity index (χ2v) is 9.31. The molecule has 0 radical (unpaired) electrons. The van der Waals surface area contributed by atoms with Gasteiger partial charge in [0.25, 0.3) is 5.91 Å². The first-order chi connectivity index (χ1) is 17.5. The van der Waals surface area contributed by atoms with Crippen LogP contribution in [0, 0.1) is 0 Å². The van der Waals surface area contributed by atoms with Crippen LogP contribution in [0.1, 0.15) is 48.8 Å². The minimum Gasteiger partial charge on any atom is -0.350 e. The number of nitrogens with zero attached hydrogens (tertiary/aromatic N) is 3. The summed E-state index contributed by atoms with van der Waals surface area (Å²) in [6, 6.07) is 25.9. The standard InChI is InChI=1S/C29H26ClN3O3/c1-3-28(34)33(22-9-5-4-6-10-22)26-17-19(2)32(25-12-8-7-11-23(25)26)29(35)27-18-24(31-36-27)20-13-15-21(30)16-14-20/h4-16,18-19,26H,3,17H2,1-2H3/t19-,26+/m0/s1. The Kier molecular flexibility index (Phi) is 6.61. The second-order valence-electron chi connectivity index (χ2n) is 8.87. The van der Waals surface area contributed by atoms with Crippen LogP contribution in [0.3, 0.4) is 0 Å². The van der Waals surface area contributed by atoms with Gasteiger partial charge >= 0.3 is 0 Å². The molecule has 0 fully saturated rings. The van der Waals surface area contributed by atoms with Crippen molar-refractivity contribution in [3.63, 3.8) is 0 Å². The monoisotopic (exact) mass is 499 g/mol. The van der Waals surface area contributed by atoms with Crippen molar-refractivity contribution in [2.75, 3.05) is 9.80 Å². The van der Waals surface area contributed by atoms with Gasteiger partial charge in [0.2, 0.25) is 11.7 Å². The van der Waals surface area contributed by atoms with Gasteiger partial charge in [-0.1, -0.05) is 72.2 Å². The maximum Gasteiger partial charge on any atom is 0.297 e. The number of anilines is 2. The predicted octanol–water partition coefficient (Wildman–Crippen LogP) is 6.92. The van der Waals surface area contributed by atoms with E-state index in [1.807, 2.05) is 85.5 Å². The van der Waals surface area contributed by atoms with Crippen molar-refractivity contribution in [3.8, 4) is 11.3 Å². The maximum absolute atomic E-state index is 13.7. The Morgan fingerprint density at radius 2 is 1.72 bits per heavy atom. The van der Waals surface area contributed by atoms with Crippen molar-refractivity contribution in [3.05, 3.63) is 101 Å². The Hall–Kier alpha value is -3.90. The summed E-state index contributed by atoms with van der Waals surface area (Å²) in [5.74, 6) is -0.0744. The summed E-state index contributed by atoms with van der Waals surface area (Å²) >= 11 is 5.99. The van der Waals surface area contributed by atoms with Crippen LogP contribution in [0.15, 0.2) is 89.5 Å². The van der Waals surface area contributed by atoms with E-state index in [4.69, 9.17) is 16.1 Å². The van der Waals surface area contributed by atoms with Gasteiger partial charge in [-0.2, -0.15) is 0 Å². The normalized spacial score (nSPS) is 16.9. The number of carbonyl (C=O) groups is 2. The van der Waals surface area contributed by atoms with Crippen molar-refractivity contribution < 1.29 is 14.1 Å². The Morgan fingerprint density at radius 1 is 1.03 bits per heavy atom. The van der Waals surface area contributed by atoms with E-state index in [-0.39, 0.29) is 29.7 Å². The zero-order chi connectivity index (χ0) is 25.2. The number of fused-ring (bicyclic) bond motifs is 1. The molecule has 0 spiro atoms. The van der Waals surface area contributed by atoms with E-state index in [1.54, 1.807) is 23.1 Å². The quantitative estimate of drug-likeness (QED) is 0.299. The average molecular weight is 500 g/mol. The highest BCUT2D eigenvalue weighted by Gasteiger charge is 2.39. The largest absolute Gasteiger partial charge is 0.350 e. The molecule has 3 aromatic carbocycles. The van der Waals surface area contributed by atoms with Crippen molar-refractivity contribution in [1.29, 1.82) is 0 Å². The first kappa shape index (κ1) is 23.8. The van der Waals surface area contributed by atoms with Crippen molar-refractivity contribution in [2.24, 2.45) is 0 Å². The van der Waals surface area contributed by atoms with Crippen molar-refractivity contribution in [1.82, 2.24) is 5.16 Å². The Bertz CT molecular complexity index is 1380. The number of amides is 2. The summed E-state index contributed by atoms with van der Waals surface area (Å²) in [7, 11) is 0. The molecule has 0 aliphatic carbocycles. The minimum atomic E-state index is -0.269. The molecule has 2 atom stereocenters. The van der Waals surface area contributed by atoms with E-state index < -0.39 is 0 Å². The van der Waals surface area contributed by atoms with E-state index in [0.29, 0.717) is 23.6 Å². The lowest BCUT2D eigenvalue weighted by atomic mass is 9.89. The third kappa shape index (κ3) is 4.40. The Labute approximate surface area is 215 Å². The highest BCUT2D eigenvalue weighted by atomic mass is 35.5. The highest BCUT2D eigenvalue weighted by molar-refractivity contribution is 6.30. The van der Waals surface area contributed by atoms with Crippen molar-refractivity contribution >= 4 is 34.8 Å². The van der Waals surface area contributed by atoms with Gasteiger partial charge in [0.15, 0.2) is 0 Å². The predicted molar refractivity (Wildman–Crippen MR) is 141 cm³/mol. The van der Waals surface area contributed by atoms with E-state index in [1.165, 1.54) is 0 Å². The topological polar surface area (TPSA) is 66.7 Å². The zero-order valence-corrected chi connectivity index (χ0v) is 20.9. The molecule has 0 bridgehead atoms. The van der Waals surface area contributed by atoms with E-state index >= 15 is 0 Å². The number of hydrogen-bond donors (Lipinski definition) is 0. The maximum atomic E-state index is 13.7. The fourth-order valence-corrected chi connectivity index (χ4v) is 4.97. The Morgan fingerprint density at radius 3 is 2.44 bits per heavy atom. The molecule has 0 saturated carbocycles. The van der Waals surface area contributed by atoms with Crippen LogP contribution in [-0.2, 0) is 4.79 Å². The molecule has 4 aromatic rings. The van der Waals surface area contributed by atoms with Crippen LogP contribution in [-0.4, -0.2) is 23.0 Å². The van der Waals surface area contributed by atoms with Gasteiger partial charge in [0, 0.05) is 40.5 Å². The van der Waals surface area contributed by atoms with Gasteiger partial charge < -0.3 is 14.3 Å². The molecule has 1 aliphatic heterocycles. The summed E-state index contributed by atoms with van der Waals surface area (Å²) in [6.45, 7) is 3.87. The first-order valence-corrected chi connectivity index (χ1v) is 12.4. The molecule has 36 heavy (non-hydrogen) atoms. The lowest BCUT2D eigenvalue weighted by Crippen LogP contribution is -2.47. The molecule has 7 heteroatoms. The first-order valence-electron chi connectivity index (χ1n) is 12.0. The minimum absolute atomic E-state index is 0.0378. The third-order valence-corrected chi connectivity index (χ3v) is 6.81. The number of hydrogen-bond acceptors (Lipinski definition) is 4. The molecular formula is C29H26ClN3O3. The summed E-state index contributed by atoms with van der Waals surface area (Å²) in [4.78, 5) is 30.4. The van der Waals surface area contributed by atoms with E-state index in [2.05, 4.69) is 5.16 Å². The van der Waals surface area contributed by atoms with E-state index in [0.717, 1.165) is 22.5 Å². The fourth-order valence-electron chi connectivity index (χ4n) is 4.84. The second kappa shape index (κ2) is 9.99. The van der Waals surface area contributed by atoms with Gasteiger partial charge in [0.05, 0.1) is 6.04 Å². The smallest absolute Gasteiger partial charge is 0.297 e. The molecule has 6 nitrogen and oxygen atoms in total. The van der Waals surface area contributed by atoms with Gasteiger partial charge in [0.1, 0.15) is 5.69 Å². The van der Waals surface area contributed by atoms with Crippen LogP contribution < -0.4 is 9.80 Å².